The number of sulfonamides is 1. The zero-order valence-corrected chi connectivity index (χ0v) is 13.6. The molecule has 118 valence electrons. The molecule has 1 aromatic carbocycles. The van der Waals surface area contributed by atoms with E-state index < -0.39 is 10.0 Å². The molecule has 0 aromatic heterocycles. The number of rotatable bonds is 3. The van der Waals surface area contributed by atoms with E-state index in [1.807, 2.05) is 24.0 Å². The van der Waals surface area contributed by atoms with Gasteiger partial charge in [0.05, 0.1) is 17.0 Å². The predicted octanol–water partition coefficient (Wildman–Crippen LogP) is 1.39. The minimum Gasteiger partial charge on any atom is -0.286 e. The third kappa shape index (κ3) is 2.76. The Balaban J connectivity index is 1.76. The summed E-state index contributed by atoms with van der Waals surface area (Å²) in [4.78, 5) is 2.43. The molecule has 22 heavy (non-hydrogen) atoms. The van der Waals surface area contributed by atoms with Crippen LogP contribution in [-0.4, -0.2) is 49.8 Å². The predicted molar refractivity (Wildman–Crippen MR) is 83.9 cm³/mol. The van der Waals surface area contributed by atoms with Crippen molar-refractivity contribution in [2.24, 2.45) is 0 Å². The number of piperazine rings is 1. The van der Waals surface area contributed by atoms with Crippen LogP contribution in [0, 0.1) is 11.3 Å². The van der Waals surface area contributed by atoms with Crippen molar-refractivity contribution in [1.29, 1.82) is 5.26 Å². The molecule has 1 fully saturated rings. The van der Waals surface area contributed by atoms with Crippen molar-refractivity contribution >= 4 is 10.0 Å². The second-order valence-corrected chi connectivity index (χ2v) is 7.97. The Morgan fingerprint density at radius 1 is 1.14 bits per heavy atom. The monoisotopic (exact) mass is 319 g/mol. The zero-order valence-electron chi connectivity index (χ0n) is 12.8. The maximum absolute atomic E-state index is 12.8. The van der Waals surface area contributed by atoms with E-state index in [1.54, 1.807) is 10.4 Å². The van der Waals surface area contributed by atoms with Crippen molar-refractivity contribution in [3.8, 4) is 6.07 Å². The van der Waals surface area contributed by atoms with Crippen LogP contribution in [0.3, 0.4) is 0 Å². The van der Waals surface area contributed by atoms with Gasteiger partial charge in [-0.1, -0.05) is 6.07 Å². The second-order valence-electron chi connectivity index (χ2n) is 6.03. The van der Waals surface area contributed by atoms with Gasteiger partial charge in [-0.05, 0) is 49.4 Å². The van der Waals surface area contributed by atoms with E-state index in [0.717, 1.165) is 19.3 Å². The average Bonchev–Trinajstić information content (AvgIpc) is 3.01. The van der Waals surface area contributed by atoms with E-state index in [-0.39, 0.29) is 6.04 Å². The largest absolute Gasteiger partial charge is 0.286 e. The summed E-state index contributed by atoms with van der Waals surface area (Å²) in [7, 11) is -3.42. The number of hydrogen-bond acceptors (Lipinski definition) is 4. The van der Waals surface area contributed by atoms with Crippen LogP contribution < -0.4 is 0 Å². The highest BCUT2D eigenvalue weighted by molar-refractivity contribution is 7.89. The number of fused-ring (bicyclic) bond motifs is 1. The molecule has 3 rings (SSSR count). The molecular formula is C16H21N3O2S. The van der Waals surface area contributed by atoms with Gasteiger partial charge in [0.15, 0.2) is 0 Å². The summed E-state index contributed by atoms with van der Waals surface area (Å²) in [5, 5.41) is 8.96. The van der Waals surface area contributed by atoms with Crippen molar-refractivity contribution in [2.45, 2.75) is 37.1 Å². The lowest BCUT2D eigenvalue weighted by atomic mass is 10.1. The van der Waals surface area contributed by atoms with Crippen LogP contribution in [0.2, 0.25) is 0 Å². The molecular weight excluding hydrogens is 298 g/mol. The summed E-state index contributed by atoms with van der Waals surface area (Å²) in [6.45, 7) is 3.97. The highest BCUT2D eigenvalue weighted by atomic mass is 32.2. The summed E-state index contributed by atoms with van der Waals surface area (Å²) >= 11 is 0. The first kappa shape index (κ1) is 15.5. The number of nitrogens with zero attached hydrogens (tertiary/aromatic N) is 3. The fraction of sp³-hybridized carbons (Fsp3) is 0.562. The topological polar surface area (TPSA) is 64.4 Å². The zero-order chi connectivity index (χ0) is 15.7. The lowest BCUT2D eigenvalue weighted by molar-refractivity contribution is 0.169. The maximum Gasteiger partial charge on any atom is 0.243 e. The van der Waals surface area contributed by atoms with Crippen molar-refractivity contribution in [3.63, 3.8) is 0 Å². The Kier molecular flexibility index (Phi) is 4.22. The summed E-state index contributed by atoms with van der Waals surface area (Å²) in [5.74, 6) is 0. The van der Waals surface area contributed by atoms with Gasteiger partial charge in [0, 0.05) is 26.2 Å². The van der Waals surface area contributed by atoms with Gasteiger partial charge in [-0.25, -0.2) is 8.42 Å². The standard InChI is InChI=1S/C16H21N3O2S/c1-13(12-17)18-7-9-19(10-8-18)22(20,21)16-6-5-14-3-2-4-15(14)11-16/h5-6,11,13H,2-4,7-10H2,1H3/t13-/m1/s1. The van der Waals surface area contributed by atoms with Crippen LogP contribution >= 0.6 is 0 Å². The SMILES string of the molecule is C[C@H](C#N)N1CCN(S(=O)(=O)c2ccc3c(c2)CCC3)CC1. The molecule has 0 N–H and O–H groups in total. The van der Waals surface area contributed by atoms with Crippen molar-refractivity contribution in [3.05, 3.63) is 29.3 Å². The van der Waals surface area contributed by atoms with E-state index in [9.17, 15) is 8.42 Å². The lowest BCUT2D eigenvalue weighted by Crippen LogP contribution is -2.50. The van der Waals surface area contributed by atoms with E-state index in [4.69, 9.17) is 5.26 Å². The molecule has 1 saturated heterocycles. The smallest absolute Gasteiger partial charge is 0.243 e. The third-order valence-corrected chi connectivity index (χ3v) is 6.61. The molecule has 1 atom stereocenters. The molecule has 0 spiro atoms. The fourth-order valence-corrected chi connectivity index (χ4v) is 4.74. The average molecular weight is 319 g/mol. The van der Waals surface area contributed by atoms with Gasteiger partial charge in [0.25, 0.3) is 0 Å². The molecule has 0 bridgehead atoms. The first-order valence-electron chi connectivity index (χ1n) is 7.78. The van der Waals surface area contributed by atoms with E-state index in [0.29, 0.717) is 31.1 Å². The molecule has 0 radical (unpaired) electrons. The van der Waals surface area contributed by atoms with Crippen molar-refractivity contribution in [1.82, 2.24) is 9.21 Å². The minimum absolute atomic E-state index is 0.162. The molecule has 1 heterocycles. The third-order valence-electron chi connectivity index (χ3n) is 4.72. The number of hydrogen-bond donors (Lipinski definition) is 0. The van der Waals surface area contributed by atoms with E-state index in [2.05, 4.69) is 6.07 Å². The molecule has 0 saturated carbocycles. The Bertz CT molecular complexity index is 701. The van der Waals surface area contributed by atoms with Gasteiger partial charge in [0.1, 0.15) is 0 Å². The number of aryl methyl sites for hydroxylation is 2. The van der Waals surface area contributed by atoms with Gasteiger partial charge in [-0.2, -0.15) is 9.57 Å². The highest BCUT2D eigenvalue weighted by Crippen LogP contribution is 2.26. The van der Waals surface area contributed by atoms with Gasteiger partial charge >= 0.3 is 0 Å². The molecule has 1 aliphatic carbocycles. The van der Waals surface area contributed by atoms with Gasteiger partial charge < -0.3 is 0 Å². The van der Waals surface area contributed by atoms with Crippen LogP contribution in [0.15, 0.2) is 23.1 Å². The van der Waals surface area contributed by atoms with Gasteiger partial charge in [-0.3, -0.25) is 4.90 Å². The molecule has 0 unspecified atom stereocenters. The molecule has 6 heteroatoms. The Morgan fingerprint density at radius 2 is 1.82 bits per heavy atom. The van der Waals surface area contributed by atoms with Crippen LogP contribution in [0.25, 0.3) is 0 Å². The maximum atomic E-state index is 12.8. The van der Waals surface area contributed by atoms with Crippen LogP contribution in [0.5, 0.6) is 0 Å². The summed E-state index contributed by atoms with van der Waals surface area (Å²) in [5.41, 5.74) is 2.46. The Hall–Kier alpha value is -1.42. The molecule has 1 aromatic rings. The fourth-order valence-electron chi connectivity index (χ4n) is 3.27. The molecule has 0 amide bonds. The molecule has 5 nitrogen and oxygen atoms in total. The van der Waals surface area contributed by atoms with Gasteiger partial charge in [0.2, 0.25) is 10.0 Å². The molecule has 2 aliphatic rings. The first-order chi connectivity index (χ1) is 10.5. The Labute approximate surface area is 132 Å². The van der Waals surface area contributed by atoms with E-state index in [1.165, 1.54) is 11.1 Å². The van der Waals surface area contributed by atoms with Crippen LogP contribution in [0.4, 0.5) is 0 Å². The Morgan fingerprint density at radius 3 is 2.50 bits per heavy atom. The molecule has 1 aliphatic heterocycles. The first-order valence-corrected chi connectivity index (χ1v) is 9.22. The number of benzene rings is 1. The number of nitriles is 1. The summed E-state index contributed by atoms with van der Waals surface area (Å²) in [6, 6.07) is 7.59. The minimum atomic E-state index is -3.42. The lowest BCUT2D eigenvalue weighted by Gasteiger charge is -2.35. The normalized spacial score (nSPS) is 21.3. The van der Waals surface area contributed by atoms with E-state index >= 15 is 0 Å². The highest BCUT2D eigenvalue weighted by Gasteiger charge is 2.30. The summed E-state index contributed by atoms with van der Waals surface area (Å²) < 4.78 is 27.1. The second kappa shape index (κ2) is 5.99. The van der Waals surface area contributed by atoms with Crippen molar-refractivity contribution in [2.75, 3.05) is 26.2 Å². The summed E-state index contributed by atoms with van der Waals surface area (Å²) in [6.07, 6.45) is 3.15. The quantitative estimate of drug-likeness (QED) is 0.844. The van der Waals surface area contributed by atoms with Crippen LogP contribution in [-0.2, 0) is 22.9 Å². The van der Waals surface area contributed by atoms with Crippen molar-refractivity contribution < 1.29 is 8.42 Å². The van der Waals surface area contributed by atoms with Crippen LogP contribution in [0.1, 0.15) is 24.5 Å². The van der Waals surface area contributed by atoms with Gasteiger partial charge in [-0.15, -0.1) is 0 Å².